The van der Waals surface area contributed by atoms with Gasteiger partial charge in [-0.05, 0) is 37.5 Å². The van der Waals surface area contributed by atoms with Crippen LogP contribution in [-0.2, 0) is 10.2 Å². The molecular weight excluding hydrogens is 286 g/mol. The zero-order valence-electron chi connectivity index (χ0n) is 12.7. The first-order valence-corrected chi connectivity index (χ1v) is 8.95. The largest absolute Gasteiger partial charge is 0.399 e. The van der Waals surface area contributed by atoms with Gasteiger partial charge >= 0.3 is 0 Å². The van der Waals surface area contributed by atoms with Gasteiger partial charge in [-0.25, -0.2) is 0 Å². The summed E-state index contributed by atoms with van der Waals surface area (Å²) < 4.78 is 29.2. The zero-order valence-corrected chi connectivity index (χ0v) is 13.6. The summed E-state index contributed by atoms with van der Waals surface area (Å²) in [6.07, 6.45) is 5.33. The van der Waals surface area contributed by atoms with Gasteiger partial charge in [-0.1, -0.05) is 31.4 Å². The van der Waals surface area contributed by atoms with E-state index in [0.29, 0.717) is 5.69 Å². The summed E-state index contributed by atoms with van der Waals surface area (Å²) in [5.41, 5.74) is 7.23. The number of hydrogen-bond acceptors (Lipinski definition) is 3. The molecule has 1 aliphatic rings. The highest BCUT2D eigenvalue weighted by Gasteiger charge is 2.28. The molecule has 0 amide bonds. The topological polar surface area (TPSA) is 75.4 Å². The van der Waals surface area contributed by atoms with Crippen LogP contribution in [-0.4, -0.2) is 25.8 Å². The van der Waals surface area contributed by atoms with E-state index in [1.165, 1.54) is 10.7 Å². The zero-order chi connectivity index (χ0) is 15.5. The lowest BCUT2D eigenvalue weighted by atomic mass is 9.96. The van der Waals surface area contributed by atoms with E-state index in [0.717, 1.165) is 31.2 Å². The number of anilines is 1. The van der Waals surface area contributed by atoms with Crippen molar-refractivity contribution in [1.29, 1.82) is 0 Å². The second-order valence-electron chi connectivity index (χ2n) is 5.82. The molecule has 0 saturated heterocycles. The predicted molar refractivity (Wildman–Crippen MR) is 86.0 cm³/mol. The van der Waals surface area contributed by atoms with Crippen molar-refractivity contribution in [2.24, 2.45) is 0 Å². The molecule has 1 aliphatic carbocycles. The highest BCUT2D eigenvalue weighted by molar-refractivity contribution is 7.87. The molecule has 1 aromatic rings. The quantitative estimate of drug-likeness (QED) is 0.820. The Morgan fingerprint density at radius 2 is 1.76 bits per heavy atom. The Balaban J connectivity index is 2.03. The normalized spacial score (nSPS) is 18.8. The van der Waals surface area contributed by atoms with Crippen LogP contribution in [0.25, 0.3) is 0 Å². The molecule has 0 aliphatic heterocycles. The number of nitrogens with two attached hydrogens (primary N) is 1. The van der Waals surface area contributed by atoms with Crippen molar-refractivity contribution < 1.29 is 8.42 Å². The molecule has 1 saturated carbocycles. The van der Waals surface area contributed by atoms with Crippen LogP contribution < -0.4 is 10.5 Å². The Morgan fingerprint density at radius 1 is 1.19 bits per heavy atom. The fourth-order valence-corrected chi connectivity index (χ4v) is 4.15. The van der Waals surface area contributed by atoms with Crippen molar-refractivity contribution in [2.75, 3.05) is 12.8 Å². The number of hydrogen-bond donors (Lipinski definition) is 2. The maximum absolute atomic E-state index is 12.5. The van der Waals surface area contributed by atoms with Crippen molar-refractivity contribution >= 4 is 15.9 Å². The van der Waals surface area contributed by atoms with Gasteiger partial charge < -0.3 is 5.73 Å². The number of benzene rings is 1. The van der Waals surface area contributed by atoms with Crippen molar-refractivity contribution in [2.45, 2.75) is 51.1 Å². The summed E-state index contributed by atoms with van der Waals surface area (Å²) >= 11 is 0. The van der Waals surface area contributed by atoms with Crippen LogP contribution in [0, 0.1) is 0 Å². The molecule has 1 unspecified atom stereocenters. The minimum Gasteiger partial charge on any atom is -0.399 e. The SMILES string of the molecule is CC(NS(=O)(=O)N(C)C1CCCCC1)c1ccc(N)cc1. The van der Waals surface area contributed by atoms with Gasteiger partial charge in [0.15, 0.2) is 0 Å². The first kappa shape index (κ1) is 16.3. The van der Waals surface area contributed by atoms with Crippen LogP contribution in [0.2, 0.25) is 0 Å². The maximum atomic E-state index is 12.5. The van der Waals surface area contributed by atoms with Gasteiger partial charge in [0.1, 0.15) is 0 Å². The fraction of sp³-hybridized carbons (Fsp3) is 0.600. The van der Waals surface area contributed by atoms with Crippen molar-refractivity contribution in [3.8, 4) is 0 Å². The van der Waals surface area contributed by atoms with E-state index in [-0.39, 0.29) is 12.1 Å². The molecule has 118 valence electrons. The molecule has 1 atom stereocenters. The highest BCUT2D eigenvalue weighted by atomic mass is 32.2. The van der Waals surface area contributed by atoms with Crippen LogP contribution in [0.15, 0.2) is 24.3 Å². The van der Waals surface area contributed by atoms with Gasteiger partial charge in [0.2, 0.25) is 0 Å². The van der Waals surface area contributed by atoms with Crippen LogP contribution in [0.5, 0.6) is 0 Å². The van der Waals surface area contributed by atoms with Crippen molar-refractivity contribution in [1.82, 2.24) is 9.03 Å². The third-order valence-corrected chi connectivity index (χ3v) is 5.94. The van der Waals surface area contributed by atoms with E-state index in [4.69, 9.17) is 5.73 Å². The number of nitrogens with zero attached hydrogens (tertiary/aromatic N) is 1. The summed E-state index contributed by atoms with van der Waals surface area (Å²) in [5, 5.41) is 0. The third kappa shape index (κ3) is 4.18. The van der Waals surface area contributed by atoms with E-state index in [9.17, 15) is 8.42 Å². The Bertz CT molecular complexity index is 551. The Morgan fingerprint density at radius 3 is 2.33 bits per heavy atom. The van der Waals surface area contributed by atoms with Gasteiger partial charge in [0.05, 0.1) is 0 Å². The first-order chi connectivity index (χ1) is 9.90. The number of rotatable bonds is 5. The minimum absolute atomic E-state index is 0.120. The highest BCUT2D eigenvalue weighted by Crippen LogP contribution is 2.24. The lowest BCUT2D eigenvalue weighted by Gasteiger charge is -2.31. The smallest absolute Gasteiger partial charge is 0.279 e. The van der Waals surface area contributed by atoms with Crippen molar-refractivity contribution in [3.63, 3.8) is 0 Å². The molecular formula is C15H25N3O2S. The molecule has 3 N–H and O–H groups in total. The average Bonchev–Trinajstić information content (AvgIpc) is 2.47. The van der Waals surface area contributed by atoms with Crippen molar-refractivity contribution in [3.05, 3.63) is 29.8 Å². The standard InChI is InChI=1S/C15H25N3O2S/c1-12(13-8-10-14(16)11-9-13)17-21(19,20)18(2)15-6-4-3-5-7-15/h8-12,15,17H,3-7,16H2,1-2H3. The van der Waals surface area contributed by atoms with Gasteiger partial charge in [-0.3, -0.25) is 0 Å². The van der Waals surface area contributed by atoms with E-state index in [1.54, 1.807) is 19.2 Å². The maximum Gasteiger partial charge on any atom is 0.279 e. The number of nitrogens with one attached hydrogen (secondary N) is 1. The Labute approximate surface area is 127 Å². The predicted octanol–water partition coefficient (Wildman–Crippen LogP) is 2.43. The van der Waals surface area contributed by atoms with E-state index in [1.807, 2.05) is 19.1 Å². The summed E-state index contributed by atoms with van der Waals surface area (Å²) in [4.78, 5) is 0. The van der Waals surface area contributed by atoms with Gasteiger partial charge in [-0.2, -0.15) is 17.4 Å². The summed E-state index contributed by atoms with van der Waals surface area (Å²) in [6.45, 7) is 1.85. The Kier molecular flexibility index (Phi) is 5.24. The fourth-order valence-electron chi connectivity index (χ4n) is 2.80. The monoisotopic (exact) mass is 311 g/mol. The summed E-state index contributed by atoms with van der Waals surface area (Å²) in [5.74, 6) is 0. The first-order valence-electron chi connectivity index (χ1n) is 7.51. The Hall–Kier alpha value is -1.11. The third-order valence-electron chi connectivity index (χ3n) is 4.23. The van der Waals surface area contributed by atoms with E-state index >= 15 is 0 Å². The van der Waals surface area contributed by atoms with Gasteiger partial charge in [-0.15, -0.1) is 0 Å². The molecule has 6 heteroatoms. The molecule has 0 spiro atoms. The second-order valence-corrected chi connectivity index (χ2v) is 7.58. The minimum atomic E-state index is -3.47. The molecule has 0 aromatic heterocycles. The summed E-state index contributed by atoms with van der Waals surface area (Å²) in [7, 11) is -1.79. The van der Waals surface area contributed by atoms with E-state index in [2.05, 4.69) is 4.72 Å². The lowest BCUT2D eigenvalue weighted by Crippen LogP contribution is -2.45. The molecule has 21 heavy (non-hydrogen) atoms. The molecule has 5 nitrogen and oxygen atoms in total. The number of nitrogen functional groups attached to an aromatic ring is 1. The molecule has 1 fully saturated rings. The molecule has 0 radical (unpaired) electrons. The lowest BCUT2D eigenvalue weighted by molar-refractivity contribution is 0.281. The molecule has 0 heterocycles. The second kappa shape index (κ2) is 6.77. The van der Waals surface area contributed by atoms with Crippen LogP contribution in [0.4, 0.5) is 5.69 Å². The average molecular weight is 311 g/mol. The molecule has 2 rings (SSSR count). The summed E-state index contributed by atoms with van der Waals surface area (Å²) in [6, 6.07) is 7.11. The van der Waals surface area contributed by atoms with Gasteiger partial charge in [0.25, 0.3) is 10.2 Å². The van der Waals surface area contributed by atoms with Crippen LogP contribution in [0.1, 0.15) is 50.6 Å². The molecule has 1 aromatic carbocycles. The van der Waals surface area contributed by atoms with E-state index < -0.39 is 10.2 Å². The van der Waals surface area contributed by atoms with Crippen LogP contribution in [0.3, 0.4) is 0 Å². The van der Waals surface area contributed by atoms with Gasteiger partial charge in [0, 0.05) is 24.8 Å². The molecule has 0 bridgehead atoms. The van der Waals surface area contributed by atoms with Crippen LogP contribution >= 0.6 is 0 Å².